The van der Waals surface area contributed by atoms with Crippen LogP contribution in [0.15, 0.2) is 17.5 Å². The Morgan fingerprint density at radius 3 is 2.28 bits per heavy atom. The van der Waals surface area contributed by atoms with Crippen LogP contribution in [0.4, 0.5) is 0 Å². The van der Waals surface area contributed by atoms with Gasteiger partial charge in [-0.1, -0.05) is 0 Å². The Morgan fingerprint density at radius 1 is 1.09 bits per heavy atom. The third-order valence-electron chi connectivity index (χ3n) is 4.34. The van der Waals surface area contributed by atoms with Crippen LogP contribution < -0.4 is 33.2 Å². The first-order valence-electron chi connectivity index (χ1n) is 9.93. The van der Waals surface area contributed by atoms with Gasteiger partial charge in [0.25, 0.3) is 0 Å². The molecule has 14 heteroatoms. The van der Waals surface area contributed by atoms with Gasteiger partial charge in [-0.25, -0.2) is 9.78 Å². The van der Waals surface area contributed by atoms with Crippen molar-refractivity contribution in [3.63, 3.8) is 0 Å². The van der Waals surface area contributed by atoms with Crippen LogP contribution >= 0.6 is 0 Å². The summed E-state index contributed by atoms with van der Waals surface area (Å²) >= 11 is 0. The van der Waals surface area contributed by atoms with Crippen molar-refractivity contribution in [1.82, 2.24) is 25.9 Å². The van der Waals surface area contributed by atoms with Gasteiger partial charge in [0.05, 0.1) is 12.4 Å². The highest BCUT2D eigenvalue weighted by molar-refractivity contribution is 5.93. The molecule has 0 aliphatic carbocycles. The van der Waals surface area contributed by atoms with E-state index >= 15 is 0 Å². The van der Waals surface area contributed by atoms with E-state index in [4.69, 9.17) is 17.2 Å². The van der Waals surface area contributed by atoms with Crippen LogP contribution in [-0.2, 0) is 25.6 Å². The summed E-state index contributed by atoms with van der Waals surface area (Å²) in [4.78, 5) is 58.9. The Bertz CT molecular complexity index is 806. The number of carboxylic acids is 1. The lowest BCUT2D eigenvalue weighted by Gasteiger charge is -2.23. The predicted molar refractivity (Wildman–Crippen MR) is 115 cm³/mol. The summed E-state index contributed by atoms with van der Waals surface area (Å²) in [6.07, 6.45) is 3.39. The Hall–Kier alpha value is -3.68. The van der Waals surface area contributed by atoms with E-state index in [0.717, 1.165) is 0 Å². The van der Waals surface area contributed by atoms with Gasteiger partial charge in [-0.2, -0.15) is 0 Å². The number of guanidine groups is 1. The van der Waals surface area contributed by atoms with Gasteiger partial charge < -0.3 is 43.2 Å². The fourth-order valence-corrected chi connectivity index (χ4v) is 2.57. The fourth-order valence-electron chi connectivity index (χ4n) is 2.57. The summed E-state index contributed by atoms with van der Waals surface area (Å²) < 4.78 is 0. The molecular formula is C18H31N9O5. The standard InChI is InChI=1S/C18H31N9O5/c1-9(19)14(28)26-12(4-3-5-23-18(20)21)16(30)25-10(2)15(29)27-13(17(31)32)6-11-7-22-8-24-11/h7-10,12-13H,3-6,19H2,1-2H3,(H,22,24)(H,25,30)(H,26,28)(H,27,29)(H,31,32)(H4,20,21,23). The minimum Gasteiger partial charge on any atom is -0.480 e. The molecule has 1 heterocycles. The van der Waals surface area contributed by atoms with E-state index in [1.54, 1.807) is 0 Å². The van der Waals surface area contributed by atoms with E-state index < -0.39 is 47.9 Å². The van der Waals surface area contributed by atoms with Gasteiger partial charge in [0.2, 0.25) is 17.7 Å². The average molecular weight is 454 g/mol. The molecule has 32 heavy (non-hydrogen) atoms. The number of nitrogens with one attached hydrogen (secondary N) is 4. The number of aromatic amines is 1. The lowest BCUT2D eigenvalue weighted by atomic mass is 10.1. The number of aromatic nitrogens is 2. The first-order valence-corrected chi connectivity index (χ1v) is 9.93. The van der Waals surface area contributed by atoms with Crippen molar-refractivity contribution in [3.05, 3.63) is 18.2 Å². The summed E-state index contributed by atoms with van der Waals surface area (Å²) in [6, 6.07) is -4.13. The van der Waals surface area contributed by atoms with E-state index in [1.165, 1.54) is 26.4 Å². The van der Waals surface area contributed by atoms with Gasteiger partial charge in [0.1, 0.15) is 18.1 Å². The molecule has 0 aromatic carbocycles. The van der Waals surface area contributed by atoms with E-state index in [0.29, 0.717) is 12.1 Å². The van der Waals surface area contributed by atoms with Crippen molar-refractivity contribution in [2.24, 2.45) is 22.2 Å². The molecule has 1 aromatic heterocycles. The first kappa shape index (κ1) is 26.4. The monoisotopic (exact) mass is 453 g/mol. The van der Waals surface area contributed by atoms with Gasteiger partial charge in [-0.3, -0.25) is 19.4 Å². The molecule has 11 N–H and O–H groups in total. The summed E-state index contributed by atoms with van der Waals surface area (Å²) in [5, 5.41) is 16.7. The normalized spacial score (nSPS) is 14.3. The molecule has 0 aliphatic rings. The summed E-state index contributed by atoms with van der Waals surface area (Å²) in [6.45, 7) is 3.10. The molecule has 0 saturated carbocycles. The van der Waals surface area contributed by atoms with Crippen LogP contribution in [0, 0.1) is 0 Å². The quantitative estimate of drug-likeness (QED) is 0.0855. The van der Waals surface area contributed by atoms with Crippen molar-refractivity contribution in [2.45, 2.75) is 57.3 Å². The zero-order valence-electron chi connectivity index (χ0n) is 18.0. The third-order valence-corrected chi connectivity index (χ3v) is 4.34. The maximum atomic E-state index is 12.7. The van der Waals surface area contributed by atoms with E-state index in [2.05, 4.69) is 30.9 Å². The summed E-state index contributed by atoms with van der Waals surface area (Å²) in [7, 11) is 0. The number of nitrogens with zero attached hydrogens (tertiary/aromatic N) is 2. The number of nitrogens with two attached hydrogens (primary N) is 3. The molecule has 0 aliphatic heterocycles. The second-order valence-corrected chi connectivity index (χ2v) is 7.21. The number of carboxylic acid groups (broad SMARTS) is 1. The number of rotatable bonds is 13. The largest absolute Gasteiger partial charge is 0.480 e. The summed E-state index contributed by atoms with van der Waals surface area (Å²) in [5.41, 5.74) is 16.6. The molecule has 1 aromatic rings. The molecule has 4 atom stereocenters. The van der Waals surface area contributed by atoms with Crippen molar-refractivity contribution < 1.29 is 24.3 Å². The Labute approximate surface area is 184 Å². The Morgan fingerprint density at radius 2 is 1.75 bits per heavy atom. The molecule has 0 bridgehead atoms. The highest BCUT2D eigenvalue weighted by Crippen LogP contribution is 2.02. The van der Waals surface area contributed by atoms with Crippen molar-refractivity contribution in [2.75, 3.05) is 6.54 Å². The van der Waals surface area contributed by atoms with Crippen LogP contribution in [0.3, 0.4) is 0 Å². The van der Waals surface area contributed by atoms with Gasteiger partial charge in [0, 0.05) is 24.9 Å². The van der Waals surface area contributed by atoms with Crippen molar-refractivity contribution >= 4 is 29.7 Å². The number of amides is 3. The van der Waals surface area contributed by atoms with Gasteiger partial charge in [0.15, 0.2) is 5.96 Å². The molecule has 0 saturated heterocycles. The van der Waals surface area contributed by atoms with Gasteiger partial charge >= 0.3 is 5.97 Å². The fraction of sp³-hybridized carbons (Fsp3) is 0.556. The molecule has 0 fully saturated rings. The SMILES string of the molecule is CC(N)C(=O)NC(CCCN=C(N)N)C(=O)NC(C)C(=O)NC(Cc1cnc[nH]1)C(=O)O. The minimum atomic E-state index is -1.24. The van der Waals surface area contributed by atoms with Crippen LogP contribution in [0.2, 0.25) is 0 Å². The van der Waals surface area contributed by atoms with Gasteiger partial charge in [-0.15, -0.1) is 0 Å². The average Bonchev–Trinajstić information content (AvgIpc) is 3.22. The molecule has 1 rings (SSSR count). The van der Waals surface area contributed by atoms with Crippen LogP contribution in [0.25, 0.3) is 0 Å². The number of hydrogen-bond acceptors (Lipinski definition) is 7. The zero-order valence-corrected chi connectivity index (χ0v) is 18.0. The molecule has 4 unspecified atom stereocenters. The number of hydrogen-bond donors (Lipinski definition) is 8. The van der Waals surface area contributed by atoms with Crippen LogP contribution in [-0.4, -0.2) is 75.4 Å². The third kappa shape index (κ3) is 9.42. The Balaban J connectivity index is 2.73. The summed E-state index contributed by atoms with van der Waals surface area (Å²) in [5.74, 6) is -3.23. The first-order chi connectivity index (χ1) is 15.0. The van der Waals surface area contributed by atoms with Crippen LogP contribution in [0.5, 0.6) is 0 Å². The minimum absolute atomic E-state index is 0.0143. The smallest absolute Gasteiger partial charge is 0.326 e. The van der Waals surface area contributed by atoms with E-state index in [9.17, 15) is 24.3 Å². The zero-order chi connectivity index (χ0) is 24.3. The number of H-pyrrole nitrogens is 1. The molecule has 0 spiro atoms. The second kappa shape index (κ2) is 12.9. The molecule has 14 nitrogen and oxygen atoms in total. The Kier molecular flexibility index (Phi) is 10.6. The maximum absolute atomic E-state index is 12.7. The molecular weight excluding hydrogens is 422 g/mol. The predicted octanol–water partition coefficient (Wildman–Crippen LogP) is -3.09. The number of aliphatic imine (C=N–C) groups is 1. The van der Waals surface area contributed by atoms with Crippen molar-refractivity contribution in [1.29, 1.82) is 0 Å². The molecule has 178 valence electrons. The number of carbonyl (C=O) groups is 4. The van der Waals surface area contributed by atoms with E-state index in [1.807, 2.05) is 0 Å². The highest BCUT2D eigenvalue weighted by Gasteiger charge is 2.28. The second-order valence-electron chi connectivity index (χ2n) is 7.21. The highest BCUT2D eigenvalue weighted by atomic mass is 16.4. The topological polar surface area (TPSA) is 244 Å². The lowest BCUT2D eigenvalue weighted by molar-refractivity contribution is -0.142. The van der Waals surface area contributed by atoms with Crippen LogP contribution in [0.1, 0.15) is 32.4 Å². The van der Waals surface area contributed by atoms with Crippen molar-refractivity contribution in [3.8, 4) is 0 Å². The lowest BCUT2D eigenvalue weighted by Crippen LogP contribution is -2.56. The number of imidazole rings is 1. The van der Waals surface area contributed by atoms with Gasteiger partial charge in [-0.05, 0) is 26.7 Å². The molecule has 3 amide bonds. The molecule has 0 radical (unpaired) electrons. The number of aliphatic carboxylic acids is 1. The van der Waals surface area contributed by atoms with E-state index in [-0.39, 0.29) is 25.3 Å². The maximum Gasteiger partial charge on any atom is 0.326 e. The number of carbonyl (C=O) groups excluding carboxylic acids is 3.